The number of anilines is 2. The molecule has 0 spiro atoms. The smallest absolute Gasteiger partial charge is 0.293 e. The van der Waals surface area contributed by atoms with E-state index in [9.17, 15) is 23.3 Å². The number of H-pyrrole nitrogens is 1. The van der Waals surface area contributed by atoms with Crippen LogP contribution in [0.5, 0.6) is 11.5 Å². The van der Waals surface area contributed by atoms with E-state index in [2.05, 4.69) is 55.8 Å². The molecule has 0 unspecified atom stereocenters. The number of halogens is 1. The Morgan fingerprint density at radius 1 is 1.03 bits per heavy atom. The van der Waals surface area contributed by atoms with Crippen LogP contribution < -0.4 is 19.7 Å². The number of carbonyl (C=O) groups excluding carboxylic acids is 1. The van der Waals surface area contributed by atoms with Gasteiger partial charge in [0.25, 0.3) is 21.6 Å². The molecule has 0 saturated carbocycles. The number of nitro groups is 1. The Bertz CT molecular complexity index is 2620. The van der Waals surface area contributed by atoms with Gasteiger partial charge in [0, 0.05) is 73.7 Å². The number of rotatable bonds is 14. The highest BCUT2D eigenvalue weighted by Gasteiger charge is 2.31. The number of hydrogen-bond acceptors (Lipinski definition) is 12. The average Bonchev–Trinajstić information content (AvgIpc) is 3.73. The van der Waals surface area contributed by atoms with E-state index in [4.69, 9.17) is 25.8 Å². The van der Waals surface area contributed by atoms with Crippen LogP contribution in [0.1, 0.15) is 62.4 Å². The minimum Gasteiger partial charge on any atom is -0.455 e. The summed E-state index contributed by atoms with van der Waals surface area (Å²) in [4.78, 5) is 37.1. The number of nitro benzene ring substituents is 1. The quantitative estimate of drug-likeness (QED) is 0.0716. The molecule has 3 N–H and O–H groups in total. The summed E-state index contributed by atoms with van der Waals surface area (Å²) in [6.45, 7) is 11.7. The summed E-state index contributed by atoms with van der Waals surface area (Å²) in [5.74, 6) is -0.502. The molecule has 1 amide bonds. The fourth-order valence-electron chi connectivity index (χ4n) is 8.37. The summed E-state index contributed by atoms with van der Waals surface area (Å²) in [5, 5.41) is 16.6. The molecule has 1 aliphatic carbocycles. The summed E-state index contributed by atoms with van der Waals surface area (Å²) in [7, 11) is -4.58. The first-order valence-electron chi connectivity index (χ1n) is 21.2. The van der Waals surface area contributed by atoms with Gasteiger partial charge in [0.1, 0.15) is 22.8 Å². The number of sulfonamides is 1. The summed E-state index contributed by atoms with van der Waals surface area (Å²) in [6, 6.07) is 20.3. The molecular formula is C46H52ClN7O8S. The number of hydrogen-bond donors (Lipinski definition) is 3. The summed E-state index contributed by atoms with van der Waals surface area (Å²) in [6.07, 6.45) is 6.83. The number of fused-ring (bicyclic) bond motifs is 1. The van der Waals surface area contributed by atoms with Gasteiger partial charge in [-0.3, -0.25) is 19.8 Å². The van der Waals surface area contributed by atoms with Crippen molar-refractivity contribution in [3.8, 4) is 11.5 Å². The van der Waals surface area contributed by atoms with Crippen LogP contribution in [-0.4, -0.2) is 98.8 Å². The predicted octanol–water partition coefficient (Wildman–Crippen LogP) is 8.43. The van der Waals surface area contributed by atoms with E-state index in [0.717, 1.165) is 74.1 Å². The molecule has 15 nitrogen and oxygen atoms in total. The van der Waals surface area contributed by atoms with Crippen molar-refractivity contribution in [3.05, 3.63) is 117 Å². The van der Waals surface area contributed by atoms with Crippen molar-refractivity contribution in [2.75, 3.05) is 62.7 Å². The van der Waals surface area contributed by atoms with E-state index in [1.165, 1.54) is 41.1 Å². The van der Waals surface area contributed by atoms with Crippen LogP contribution in [-0.2, 0) is 19.5 Å². The van der Waals surface area contributed by atoms with Crippen molar-refractivity contribution in [1.82, 2.24) is 19.6 Å². The summed E-state index contributed by atoms with van der Waals surface area (Å²) < 4.78 is 47.2. The maximum absolute atomic E-state index is 13.9. The molecule has 0 radical (unpaired) electrons. The van der Waals surface area contributed by atoms with Crippen molar-refractivity contribution in [3.63, 3.8) is 0 Å². The Labute approximate surface area is 372 Å². The Kier molecular flexibility index (Phi) is 13.1. The zero-order valence-corrected chi connectivity index (χ0v) is 37.1. The van der Waals surface area contributed by atoms with Gasteiger partial charge in [-0.15, -0.1) is 0 Å². The maximum atomic E-state index is 13.9. The molecule has 2 saturated heterocycles. The fraction of sp³-hybridized carbons (Fsp3) is 0.391. The van der Waals surface area contributed by atoms with Crippen LogP contribution in [0.4, 0.5) is 17.1 Å². The number of piperazine rings is 1. The van der Waals surface area contributed by atoms with Gasteiger partial charge in [0.15, 0.2) is 0 Å². The Balaban J connectivity index is 0.985. The molecule has 3 aliphatic rings. The minimum absolute atomic E-state index is 0.00664. The minimum atomic E-state index is -4.58. The van der Waals surface area contributed by atoms with Crippen molar-refractivity contribution in [1.29, 1.82) is 0 Å². The van der Waals surface area contributed by atoms with E-state index in [0.29, 0.717) is 37.6 Å². The number of carbonyl (C=O) groups is 1. The maximum Gasteiger partial charge on any atom is 0.293 e. The molecule has 3 aromatic carbocycles. The van der Waals surface area contributed by atoms with Gasteiger partial charge < -0.3 is 29.4 Å². The standard InChI is InChI=1S/C46H52ClN7O8S/c1-30-28-61-36(29-60-30)14-17-48-41-11-9-38(24-42(41)54(56)57)63(58,59)51-45(55)39-10-8-35(23-43(39)62-37-22-32-13-16-49-44(32)50-26-37)53-20-18-52(19-21-53)27-33-12-15-46(2,3)25-40(33)31-4-6-34(47)7-5-31/h4-11,13,16,22-24,26,30,36,48H,12,14-15,17-21,25,27-29H2,1-3H3,(H,49,50)(H,51,55)/t30-,36+/m1/s1. The van der Waals surface area contributed by atoms with Crippen LogP contribution in [0.3, 0.4) is 0 Å². The average molecular weight is 898 g/mol. The summed E-state index contributed by atoms with van der Waals surface area (Å²) in [5.41, 5.74) is 5.41. The van der Waals surface area contributed by atoms with Crippen molar-refractivity contribution < 1.29 is 32.3 Å². The number of pyridine rings is 1. The predicted molar refractivity (Wildman–Crippen MR) is 243 cm³/mol. The molecule has 2 atom stereocenters. The van der Waals surface area contributed by atoms with Crippen molar-refractivity contribution in [2.24, 2.45) is 5.41 Å². The van der Waals surface area contributed by atoms with Gasteiger partial charge in [-0.25, -0.2) is 18.1 Å². The lowest BCUT2D eigenvalue weighted by Crippen LogP contribution is -2.47. The van der Waals surface area contributed by atoms with E-state index < -0.39 is 31.4 Å². The Morgan fingerprint density at radius 2 is 1.83 bits per heavy atom. The number of nitrogens with one attached hydrogen (secondary N) is 3. The second-order valence-corrected chi connectivity index (χ2v) is 19.4. The molecule has 332 valence electrons. The van der Waals surface area contributed by atoms with Gasteiger partial charge in [-0.05, 0) is 97.7 Å². The lowest BCUT2D eigenvalue weighted by Gasteiger charge is -2.39. The number of aromatic nitrogens is 2. The zero-order chi connectivity index (χ0) is 44.3. The fourth-order valence-corrected chi connectivity index (χ4v) is 9.48. The molecule has 0 bridgehead atoms. The first-order valence-corrected chi connectivity index (χ1v) is 23.1. The third kappa shape index (κ3) is 10.6. The first kappa shape index (κ1) is 44.1. The third-order valence-corrected chi connectivity index (χ3v) is 13.5. The molecule has 2 aromatic heterocycles. The van der Waals surface area contributed by atoms with Gasteiger partial charge in [0.05, 0.1) is 47.0 Å². The monoisotopic (exact) mass is 897 g/mol. The highest BCUT2D eigenvalue weighted by atomic mass is 35.5. The number of ether oxygens (including phenoxy) is 3. The van der Waals surface area contributed by atoms with Gasteiger partial charge in [-0.1, -0.05) is 43.2 Å². The topological polar surface area (TPSA) is 181 Å². The number of amides is 1. The number of aromatic amines is 1. The number of allylic oxidation sites excluding steroid dienone is 1. The van der Waals surface area contributed by atoms with Crippen LogP contribution >= 0.6 is 11.6 Å². The van der Waals surface area contributed by atoms with Crippen LogP contribution in [0.15, 0.2) is 95.7 Å². The lowest BCUT2D eigenvalue weighted by molar-refractivity contribution is -0.384. The highest BCUT2D eigenvalue weighted by molar-refractivity contribution is 7.90. The first-order chi connectivity index (χ1) is 30.2. The van der Waals surface area contributed by atoms with Crippen LogP contribution in [0.25, 0.3) is 16.6 Å². The molecule has 63 heavy (non-hydrogen) atoms. The van der Waals surface area contributed by atoms with E-state index in [-0.39, 0.29) is 34.6 Å². The third-order valence-electron chi connectivity index (χ3n) is 12.0. The molecular weight excluding hydrogens is 846 g/mol. The zero-order valence-electron chi connectivity index (χ0n) is 35.6. The number of nitrogens with zero attached hydrogens (tertiary/aromatic N) is 4. The largest absolute Gasteiger partial charge is 0.455 e. The normalized spacial score (nSPS) is 19.5. The van der Waals surface area contributed by atoms with Gasteiger partial charge >= 0.3 is 0 Å². The van der Waals surface area contributed by atoms with E-state index >= 15 is 0 Å². The van der Waals surface area contributed by atoms with Gasteiger partial charge in [0.2, 0.25) is 0 Å². The molecule has 2 aliphatic heterocycles. The highest BCUT2D eigenvalue weighted by Crippen LogP contribution is 2.43. The van der Waals surface area contributed by atoms with Crippen molar-refractivity contribution >= 4 is 61.2 Å². The molecule has 8 rings (SSSR count). The number of benzene rings is 3. The Hall–Kier alpha value is -5.52. The Morgan fingerprint density at radius 3 is 2.57 bits per heavy atom. The van der Waals surface area contributed by atoms with E-state index in [1.54, 1.807) is 24.4 Å². The summed E-state index contributed by atoms with van der Waals surface area (Å²) >= 11 is 6.24. The second-order valence-electron chi connectivity index (χ2n) is 17.2. The molecule has 5 aromatic rings. The molecule has 2 fully saturated rings. The molecule has 4 heterocycles. The van der Waals surface area contributed by atoms with Crippen molar-refractivity contribution in [2.45, 2.75) is 63.6 Å². The second kappa shape index (κ2) is 18.7. The lowest BCUT2D eigenvalue weighted by atomic mass is 9.72. The van der Waals surface area contributed by atoms with E-state index in [1.807, 2.05) is 25.1 Å². The van der Waals surface area contributed by atoms with Crippen LogP contribution in [0, 0.1) is 15.5 Å². The van der Waals surface area contributed by atoms with Crippen LogP contribution in [0.2, 0.25) is 5.02 Å². The SMILES string of the molecule is C[C@@H]1CO[C@@H](CCNc2ccc(S(=O)(=O)NC(=O)c3ccc(N4CCN(CC5=C(c6ccc(Cl)cc6)CC(C)(C)CC5)CC4)cc3Oc3cnc4[nH]ccc4c3)cc2[N+](=O)[O-])CO1. The van der Waals surface area contributed by atoms with Gasteiger partial charge in [-0.2, -0.15) is 0 Å². The molecule has 17 heteroatoms.